The molecule has 116 valence electrons. The summed E-state index contributed by atoms with van der Waals surface area (Å²) in [6.45, 7) is 0.926. The monoisotopic (exact) mass is 294 g/mol. The van der Waals surface area contributed by atoms with E-state index in [4.69, 9.17) is 5.11 Å². The summed E-state index contributed by atoms with van der Waals surface area (Å²) in [5, 5.41) is 14.6. The first kappa shape index (κ1) is 15.3. The van der Waals surface area contributed by atoms with Gasteiger partial charge < -0.3 is 20.3 Å². The van der Waals surface area contributed by atoms with Crippen LogP contribution in [0.2, 0.25) is 0 Å². The molecule has 2 amide bonds. The van der Waals surface area contributed by atoms with Crippen molar-refractivity contribution in [3.8, 4) is 0 Å². The van der Waals surface area contributed by atoms with E-state index < -0.39 is 5.97 Å². The summed E-state index contributed by atoms with van der Waals surface area (Å²) in [4.78, 5) is 26.9. The lowest BCUT2D eigenvalue weighted by Gasteiger charge is -2.16. The number of nitrogens with one attached hydrogen (secondary N) is 2. The van der Waals surface area contributed by atoms with Gasteiger partial charge in [-0.2, -0.15) is 0 Å². The molecule has 0 aliphatic heterocycles. The Kier molecular flexibility index (Phi) is 5.19. The van der Waals surface area contributed by atoms with Crippen LogP contribution in [0.3, 0.4) is 0 Å². The second-order valence-electron chi connectivity index (χ2n) is 5.48. The molecule has 7 heteroatoms. The van der Waals surface area contributed by atoms with Crippen molar-refractivity contribution < 1.29 is 14.7 Å². The molecule has 0 saturated heterocycles. The topological polar surface area (TPSA) is 96.3 Å². The number of carbonyl (C=O) groups is 2. The van der Waals surface area contributed by atoms with Gasteiger partial charge >= 0.3 is 12.0 Å². The highest BCUT2D eigenvalue weighted by Crippen LogP contribution is 2.31. The number of amides is 2. The van der Waals surface area contributed by atoms with Gasteiger partial charge in [0.1, 0.15) is 5.82 Å². The number of urea groups is 1. The Balaban J connectivity index is 1.66. The highest BCUT2D eigenvalue weighted by atomic mass is 16.4. The third-order valence-electron chi connectivity index (χ3n) is 4.06. The van der Waals surface area contributed by atoms with Crippen molar-refractivity contribution >= 4 is 12.0 Å². The molecule has 7 nitrogen and oxygen atoms in total. The lowest BCUT2D eigenvalue weighted by atomic mass is 9.96. The van der Waals surface area contributed by atoms with Crippen molar-refractivity contribution in [1.29, 1.82) is 0 Å². The molecule has 1 aromatic rings. The quantitative estimate of drug-likeness (QED) is 0.722. The van der Waals surface area contributed by atoms with Crippen LogP contribution in [-0.4, -0.2) is 39.7 Å². The Morgan fingerprint density at radius 2 is 2.24 bits per heavy atom. The average Bonchev–Trinajstić information content (AvgIpc) is 3.06. The number of imidazole rings is 1. The van der Waals surface area contributed by atoms with E-state index in [9.17, 15) is 9.59 Å². The number of rotatable bonds is 6. The Morgan fingerprint density at radius 1 is 1.43 bits per heavy atom. The normalized spacial score (nSPS) is 21.2. The summed E-state index contributed by atoms with van der Waals surface area (Å²) in [6, 6.07) is -0.250. The Labute approximate surface area is 123 Å². The molecule has 21 heavy (non-hydrogen) atoms. The lowest BCUT2D eigenvalue weighted by molar-refractivity contribution is -0.142. The van der Waals surface area contributed by atoms with Crippen LogP contribution in [-0.2, 0) is 18.3 Å². The summed E-state index contributed by atoms with van der Waals surface area (Å²) in [6.07, 6.45) is 6.75. The SMILES string of the molecule is Cn1ccnc1CCNC(=O)NCC1CCCC1C(=O)O. The van der Waals surface area contributed by atoms with Crippen LogP contribution in [0.15, 0.2) is 12.4 Å². The van der Waals surface area contributed by atoms with Crippen molar-refractivity contribution in [2.24, 2.45) is 18.9 Å². The van der Waals surface area contributed by atoms with Crippen LogP contribution in [0, 0.1) is 11.8 Å². The second kappa shape index (κ2) is 7.10. The van der Waals surface area contributed by atoms with Crippen molar-refractivity contribution in [3.05, 3.63) is 18.2 Å². The molecule has 1 saturated carbocycles. The Bertz CT molecular complexity index is 500. The molecule has 0 spiro atoms. The average molecular weight is 294 g/mol. The van der Waals surface area contributed by atoms with Gasteiger partial charge in [-0.05, 0) is 18.8 Å². The molecule has 1 aliphatic rings. The third-order valence-corrected chi connectivity index (χ3v) is 4.06. The zero-order chi connectivity index (χ0) is 15.2. The van der Waals surface area contributed by atoms with Crippen molar-refractivity contribution in [3.63, 3.8) is 0 Å². The number of aromatic nitrogens is 2. The molecule has 1 aliphatic carbocycles. The zero-order valence-electron chi connectivity index (χ0n) is 12.2. The van der Waals surface area contributed by atoms with Gasteiger partial charge in [0.2, 0.25) is 0 Å². The molecule has 2 atom stereocenters. The highest BCUT2D eigenvalue weighted by molar-refractivity contribution is 5.74. The van der Waals surface area contributed by atoms with E-state index in [1.807, 2.05) is 17.8 Å². The third kappa shape index (κ3) is 4.21. The molecule has 2 unspecified atom stereocenters. The summed E-state index contributed by atoms with van der Waals surface area (Å²) >= 11 is 0. The van der Waals surface area contributed by atoms with Gasteiger partial charge in [-0.15, -0.1) is 0 Å². The zero-order valence-corrected chi connectivity index (χ0v) is 12.2. The molecule has 3 N–H and O–H groups in total. The molecular weight excluding hydrogens is 272 g/mol. The van der Waals surface area contributed by atoms with Gasteiger partial charge in [0, 0.05) is 39.0 Å². The number of carbonyl (C=O) groups excluding carboxylic acids is 1. The van der Waals surface area contributed by atoms with Gasteiger partial charge in [0.25, 0.3) is 0 Å². The van der Waals surface area contributed by atoms with Crippen LogP contribution in [0.4, 0.5) is 4.79 Å². The number of carboxylic acid groups (broad SMARTS) is 1. The first-order valence-electron chi connectivity index (χ1n) is 7.28. The predicted molar refractivity (Wildman–Crippen MR) is 76.8 cm³/mol. The lowest BCUT2D eigenvalue weighted by Crippen LogP contribution is -2.40. The molecule has 1 fully saturated rings. The van der Waals surface area contributed by atoms with E-state index in [0.29, 0.717) is 25.9 Å². The van der Waals surface area contributed by atoms with Crippen LogP contribution >= 0.6 is 0 Å². The van der Waals surface area contributed by atoms with Crippen molar-refractivity contribution in [1.82, 2.24) is 20.2 Å². The van der Waals surface area contributed by atoms with Crippen LogP contribution in [0.1, 0.15) is 25.1 Å². The van der Waals surface area contributed by atoms with Crippen LogP contribution in [0.5, 0.6) is 0 Å². The maximum Gasteiger partial charge on any atom is 0.314 e. The minimum Gasteiger partial charge on any atom is -0.481 e. The summed E-state index contributed by atoms with van der Waals surface area (Å²) in [5.74, 6) is -0.118. The smallest absolute Gasteiger partial charge is 0.314 e. The van der Waals surface area contributed by atoms with E-state index >= 15 is 0 Å². The fourth-order valence-electron chi connectivity index (χ4n) is 2.82. The molecule has 0 radical (unpaired) electrons. The van der Waals surface area contributed by atoms with Crippen LogP contribution in [0.25, 0.3) is 0 Å². The minimum absolute atomic E-state index is 0.0443. The van der Waals surface area contributed by atoms with E-state index in [1.54, 1.807) is 6.20 Å². The van der Waals surface area contributed by atoms with Gasteiger partial charge in [0.05, 0.1) is 5.92 Å². The number of nitrogens with zero attached hydrogens (tertiary/aromatic N) is 2. The van der Waals surface area contributed by atoms with E-state index in [1.165, 1.54) is 0 Å². The number of hydrogen-bond acceptors (Lipinski definition) is 3. The van der Waals surface area contributed by atoms with Gasteiger partial charge in [-0.3, -0.25) is 4.79 Å². The molecule has 2 rings (SSSR count). The maximum atomic E-state index is 11.7. The maximum absolute atomic E-state index is 11.7. The Morgan fingerprint density at radius 3 is 2.90 bits per heavy atom. The van der Waals surface area contributed by atoms with Crippen LogP contribution < -0.4 is 10.6 Å². The summed E-state index contributed by atoms with van der Waals surface area (Å²) in [5.41, 5.74) is 0. The first-order valence-corrected chi connectivity index (χ1v) is 7.28. The van der Waals surface area contributed by atoms with Gasteiger partial charge in [-0.25, -0.2) is 9.78 Å². The van der Waals surface area contributed by atoms with Crippen molar-refractivity contribution in [2.45, 2.75) is 25.7 Å². The fourth-order valence-corrected chi connectivity index (χ4v) is 2.82. The first-order chi connectivity index (χ1) is 10.1. The van der Waals surface area contributed by atoms with E-state index in [-0.39, 0.29) is 17.9 Å². The molecule has 0 bridgehead atoms. The summed E-state index contributed by atoms with van der Waals surface area (Å²) in [7, 11) is 1.91. The molecule has 1 aromatic heterocycles. The van der Waals surface area contributed by atoms with E-state index in [0.717, 1.165) is 18.7 Å². The predicted octanol–water partition coefficient (Wildman–Crippen LogP) is 0.763. The number of aryl methyl sites for hydroxylation is 1. The fraction of sp³-hybridized carbons (Fsp3) is 0.643. The molecule has 0 aromatic carbocycles. The van der Waals surface area contributed by atoms with E-state index in [2.05, 4.69) is 15.6 Å². The Hall–Kier alpha value is -2.05. The van der Waals surface area contributed by atoms with Gasteiger partial charge in [-0.1, -0.05) is 6.42 Å². The van der Waals surface area contributed by atoms with Gasteiger partial charge in [0.15, 0.2) is 0 Å². The molecular formula is C14H22N4O3. The largest absolute Gasteiger partial charge is 0.481 e. The standard InChI is InChI=1S/C14H22N4O3/c1-18-8-7-15-12(18)5-6-16-14(21)17-9-10-3-2-4-11(10)13(19)20/h7-8,10-11H,2-6,9H2,1H3,(H,19,20)(H2,16,17,21). The molecule has 1 heterocycles. The van der Waals surface area contributed by atoms with Crippen molar-refractivity contribution in [2.75, 3.05) is 13.1 Å². The minimum atomic E-state index is -0.755. The number of carboxylic acids is 1. The number of hydrogen-bond donors (Lipinski definition) is 3. The summed E-state index contributed by atoms with van der Waals surface area (Å²) < 4.78 is 1.91. The second-order valence-corrected chi connectivity index (χ2v) is 5.48. The highest BCUT2D eigenvalue weighted by Gasteiger charge is 2.32. The number of aliphatic carboxylic acids is 1.